The van der Waals surface area contributed by atoms with E-state index in [0.29, 0.717) is 0 Å². The number of nitrogens with zero attached hydrogens (tertiary/aromatic N) is 3. The summed E-state index contributed by atoms with van der Waals surface area (Å²) in [6.07, 6.45) is 3.53. The highest BCUT2D eigenvalue weighted by atomic mass is 16.6. The van der Waals surface area contributed by atoms with E-state index in [1.165, 1.54) is 12.5 Å². The van der Waals surface area contributed by atoms with E-state index in [1.54, 1.807) is 6.07 Å². The average Bonchev–Trinajstić information content (AvgIpc) is 2.30. The Bertz CT molecular complexity index is 361. The first kappa shape index (κ1) is 9.89. The topological polar surface area (TPSA) is 59.3 Å². The molecule has 0 amide bonds. The molecule has 80 valence electrons. The molecule has 0 aliphatic carbocycles. The average molecular weight is 207 g/mol. The molecule has 1 saturated heterocycles. The molecule has 1 fully saturated rings. The van der Waals surface area contributed by atoms with Gasteiger partial charge in [0, 0.05) is 25.2 Å². The Labute approximate surface area is 87.9 Å². The predicted molar refractivity (Wildman–Crippen MR) is 57.0 cm³/mol. The van der Waals surface area contributed by atoms with Gasteiger partial charge in [0.15, 0.2) is 0 Å². The molecule has 0 saturated carbocycles. The minimum absolute atomic E-state index is 0.0712. The molecular formula is C10H13N3O2. The summed E-state index contributed by atoms with van der Waals surface area (Å²) in [5.41, 5.74) is 0. The molecule has 0 bridgehead atoms. The molecule has 0 N–H and O–H groups in total. The van der Waals surface area contributed by atoms with Gasteiger partial charge in [0.1, 0.15) is 0 Å². The summed E-state index contributed by atoms with van der Waals surface area (Å²) in [4.78, 5) is 16.2. The van der Waals surface area contributed by atoms with Gasteiger partial charge in [-0.3, -0.25) is 0 Å². The summed E-state index contributed by atoms with van der Waals surface area (Å²) in [5, 5.41) is 10.6. The minimum Gasteiger partial charge on any atom is -0.358 e. The fourth-order valence-electron chi connectivity index (χ4n) is 1.81. The molecule has 5 nitrogen and oxygen atoms in total. The summed E-state index contributed by atoms with van der Waals surface area (Å²) in [6.45, 7) is 1.91. The molecule has 0 spiro atoms. The molecular weight excluding hydrogens is 194 g/mol. The Balaban J connectivity index is 2.19. The van der Waals surface area contributed by atoms with Crippen LogP contribution in [-0.2, 0) is 0 Å². The third-order valence-corrected chi connectivity index (χ3v) is 2.59. The standard InChI is InChI=1S/C10H13N3O2/c14-13(15)10-6-4-5-9(11-10)12-7-2-1-3-8-12/h4-6H,1-3,7-8H2. The number of hydrogen-bond acceptors (Lipinski definition) is 4. The number of pyridine rings is 1. The first-order valence-electron chi connectivity index (χ1n) is 5.14. The van der Waals surface area contributed by atoms with Crippen LogP contribution in [0.25, 0.3) is 0 Å². The molecule has 0 unspecified atom stereocenters. The Morgan fingerprint density at radius 2 is 2.00 bits per heavy atom. The minimum atomic E-state index is -0.451. The predicted octanol–water partition coefficient (Wildman–Crippen LogP) is 1.98. The Hall–Kier alpha value is -1.65. The van der Waals surface area contributed by atoms with E-state index in [9.17, 15) is 10.1 Å². The maximum atomic E-state index is 10.6. The lowest BCUT2D eigenvalue weighted by atomic mass is 10.1. The summed E-state index contributed by atoms with van der Waals surface area (Å²) >= 11 is 0. The van der Waals surface area contributed by atoms with E-state index in [4.69, 9.17) is 0 Å². The zero-order valence-electron chi connectivity index (χ0n) is 8.43. The zero-order chi connectivity index (χ0) is 10.7. The van der Waals surface area contributed by atoms with Gasteiger partial charge in [-0.05, 0) is 35.2 Å². The maximum Gasteiger partial charge on any atom is 0.365 e. The van der Waals surface area contributed by atoms with Crippen LogP contribution in [0.3, 0.4) is 0 Å². The van der Waals surface area contributed by atoms with E-state index in [0.717, 1.165) is 31.7 Å². The molecule has 0 radical (unpaired) electrons. The number of aromatic nitrogens is 1. The normalized spacial score (nSPS) is 16.4. The largest absolute Gasteiger partial charge is 0.365 e. The Kier molecular flexibility index (Phi) is 2.80. The molecule has 1 aliphatic heterocycles. The van der Waals surface area contributed by atoms with Crippen LogP contribution in [0.15, 0.2) is 18.2 Å². The van der Waals surface area contributed by atoms with Gasteiger partial charge < -0.3 is 15.0 Å². The molecule has 1 aromatic rings. The van der Waals surface area contributed by atoms with Gasteiger partial charge >= 0.3 is 5.82 Å². The fraction of sp³-hybridized carbons (Fsp3) is 0.500. The van der Waals surface area contributed by atoms with Crippen LogP contribution in [0, 0.1) is 10.1 Å². The van der Waals surface area contributed by atoms with Crippen LogP contribution in [0.1, 0.15) is 19.3 Å². The van der Waals surface area contributed by atoms with Crippen molar-refractivity contribution in [3.8, 4) is 0 Å². The Morgan fingerprint density at radius 1 is 1.27 bits per heavy atom. The van der Waals surface area contributed by atoms with Gasteiger partial charge in [-0.1, -0.05) is 0 Å². The van der Waals surface area contributed by atoms with Crippen molar-refractivity contribution in [1.29, 1.82) is 0 Å². The summed E-state index contributed by atoms with van der Waals surface area (Å²) in [6, 6.07) is 4.95. The van der Waals surface area contributed by atoms with Crippen molar-refractivity contribution in [2.24, 2.45) is 0 Å². The van der Waals surface area contributed by atoms with E-state index in [-0.39, 0.29) is 5.82 Å². The van der Waals surface area contributed by atoms with Crippen LogP contribution in [-0.4, -0.2) is 23.0 Å². The smallest absolute Gasteiger partial charge is 0.358 e. The quantitative estimate of drug-likeness (QED) is 0.549. The van der Waals surface area contributed by atoms with Crippen molar-refractivity contribution in [2.75, 3.05) is 18.0 Å². The molecule has 2 heterocycles. The van der Waals surface area contributed by atoms with Crippen LogP contribution >= 0.6 is 0 Å². The fourth-order valence-corrected chi connectivity index (χ4v) is 1.81. The second-order valence-corrected chi connectivity index (χ2v) is 3.66. The number of nitro groups is 1. The van der Waals surface area contributed by atoms with Gasteiger partial charge in [-0.25, -0.2) is 0 Å². The van der Waals surface area contributed by atoms with Crippen LogP contribution in [0.5, 0.6) is 0 Å². The van der Waals surface area contributed by atoms with E-state index >= 15 is 0 Å². The maximum absolute atomic E-state index is 10.6. The van der Waals surface area contributed by atoms with Gasteiger partial charge in [-0.2, -0.15) is 0 Å². The Morgan fingerprint density at radius 3 is 2.67 bits per heavy atom. The van der Waals surface area contributed by atoms with Gasteiger partial charge in [0.2, 0.25) is 5.82 Å². The van der Waals surface area contributed by atoms with Crippen molar-refractivity contribution < 1.29 is 4.92 Å². The molecule has 1 aromatic heterocycles. The van der Waals surface area contributed by atoms with Crippen molar-refractivity contribution in [3.05, 3.63) is 28.3 Å². The zero-order valence-corrected chi connectivity index (χ0v) is 8.43. The number of anilines is 1. The van der Waals surface area contributed by atoms with Crippen molar-refractivity contribution in [2.45, 2.75) is 19.3 Å². The highest BCUT2D eigenvalue weighted by Crippen LogP contribution is 2.19. The van der Waals surface area contributed by atoms with Gasteiger partial charge in [-0.15, -0.1) is 0 Å². The number of hydrogen-bond donors (Lipinski definition) is 0. The second-order valence-electron chi connectivity index (χ2n) is 3.66. The van der Waals surface area contributed by atoms with Crippen molar-refractivity contribution >= 4 is 11.6 Å². The molecule has 1 aliphatic rings. The summed E-state index contributed by atoms with van der Waals surface area (Å²) in [5.74, 6) is 0.655. The lowest BCUT2D eigenvalue weighted by molar-refractivity contribution is -0.389. The van der Waals surface area contributed by atoms with E-state index < -0.39 is 4.92 Å². The van der Waals surface area contributed by atoms with Crippen LogP contribution in [0.2, 0.25) is 0 Å². The van der Waals surface area contributed by atoms with E-state index in [2.05, 4.69) is 9.88 Å². The molecule has 5 heteroatoms. The lowest BCUT2D eigenvalue weighted by Gasteiger charge is -2.24. The second kappa shape index (κ2) is 4.25. The number of rotatable bonds is 2. The van der Waals surface area contributed by atoms with Gasteiger partial charge in [0.25, 0.3) is 0 Å². The first-order valence-corrected chi connectivity index (χ1v) is 5.14. The third-order valence-electron chi connectivity index (χ3n) is 2.59. The van der Waals surface area contributed by atoms with Crippen LogP contribution in [0.4, 0.5) is 11.6 Å². The summed E-state index contributed by atoms with van der Waals surface area (Å²) < 4.78 is 0. The summed E-state index contributed by atoms with van der Waals surface area (Å²) in [7, 11) is 0. The SMILES string of the molecule is O=[N+]([O-])c1cccc(N2CCCCC2)n1. The van der Waals surface area contributed by atoms with Crippen molar-refractivity contribution in [1.82, 2.24) is 4.98 Å². The van der Waals surface area contributed by atoms with Gasteiger partial charge in [0.05, 0.1) is 0 Å². The molecule has 0 atom stereocenters. The molecule has 0 aromatic carbocycles. The number of piperidine rings is 1. The highest BCUT2D eigenvalue weighted by molar-refractivity contribution is 5.42. The van der Waals surface area contributed by atoms with Crippen LogP contribution < -0.4 is 4.90 Å². The highest BCUT2D eigenvalue weighted by Gasteiger charge is 2.17. The molecule has 15 heavy (non-hydrogen) atoms. The van der Waals surface area contributed by atoms with Crippen molar-refractivity contribution in [3.63, 3.8) is 0 Å². The van der Waals surface area contributed by atoms with E-state index in [1.807, 2.05) is 6.07 Å². The first-order chi connectivity index (χ1) is 7.27. The molecule has 2 rings (SSSR count). The third kappa shape index (κ3) is 2.23. The monoisotopic (exact) mass is 207 g/mol. The lowest BCUT2D eigenvalue weighted by Crippen LogP contribution is -2.30.